The Kier molecular flexibility index (Phi) is 3.26. The van der Waals surface area contributed by atoms with Crippen molar-refractivity contribution >= 4 is 5.91 Å². The van der Waals surface area contributed by atoms with Gasteiger partial charge in [0.2, 0.25) is 0 Å². The summed E-state index contributed by atoms with van der Waals surface area (Å²) in [6, 6.07) is 0.288. The first-order valence-corrected chi connectivity index (χ1v) is 5.95. The minimum absolute atomic E-state index is 0.181. The van der Waals surface area contributed by atoms with E-state index in [1.54, 1.807) is 0 Å². The van der Waals surface area contributed by atoms with Crippen LogP contribution in [0.15, 0.2) is 0 Å². The van der Waals surface area contributed by atoms with Crippen LogP contribution < -0.4 is 10.6 Å². The van der Waals surface area contributed by atoms with Gasteiger partial charge in [0.1, 0.15) is 0 Å². The van der Waals surface area contributed by atoms with Gasteiger partial charge in [-0.05, 0) is 25.8 Å². The summed E-state index contributed by atoms with van der Waals surface area (Å²) in [5.41, 5.74) is -1.16. The molecule has 1 aliphatic heterocycles. The van der Waals surface area contributed by atoms with Gasteiger partial charge in [-0.3, -0.25) is 4.79 Å². The van der Waals surface area contributed by atoms with Crippen LogP contribution in [0, 0.1) is 0 Å². The third-order valence-corrected chi connectivity index (χ3v) is 3.50. The van der Waals surface area contributed by atoms with E-state index in [9.17, 15) is 9.90 Å². The van der Waals surface area contributed by atoms with Crippen LogP contribution in [0.4, 0.5) is 0 Å². The smallest absolute Gasteiger partial charge is 0.253 e. The van der Waals surface area contributed by atoms with Crippen LogP contribution in [0.1, 0.15) is 38.5 Å². The van der Waals surface area contributed by atoms with E-state index in [0.717, 1.165) is 19.4 Å². The summed E-state index contributed by atoms with van der Waals surface area (Å²) in [6.07, 6.45) is 6.33. The standard InChI is InChI=1S/C11H20N2O2/c14-10(11(15)6-7-12-8-11)13-9-4-2-1-3-5-9/h9,12,15H,1-8H2,(H,13,14). The number of nitrogens with one attached hydrogen (secondary N) is 2. The van der Waals surface area contributed by atoms with Gasteiger partial charge in [-0.1, -0.05) is 19.3 Å². The normalized spacial score (nSPS) is 32.9. The van der Waals surface area contributed by atoms with Gasteiger partial charge in [0.15, 0.2) is 5.60 Å². The lowest BCUT2D eigenvalue weighted by Gasteiger charge is -2.27. The van der Waals surface area contributed by atoms with E-state index >= 15 is 0 Å². The number of amides is 1. The molecule has 0 aromatic carbocycles. The number of β-amino-alcohol motifs (C(OH)–C–C–N with tert-alkyl or cyclic N) is 1. The summed E-state index contributed by atoms with van der Waals surface area (Å²) in [5, 5.41) is 16.0. The van der Waals surface area contributed by atoms with Gasteiger partial charge in [-0.2, -0.15) is 0 Å². The number of hydrogen-bond donors (Lipinski definition) is 3. The number of hydrogen-bond acceptors (Lipinski definition) is 3. The van der Waals surface area contributed by atoms with E-state index in [1.807, 2.05) is 0 Å². The molecule has 4 nitrogen and oxygen atoms in total. The van der Waals surface area contributed by atoms with Crippen LogP contribution in [0.2, 0.25) is 0 Å². The zero-order valence-electron chi connectivity index (χ0n) is 9.09. The van der Waals surface area contributed by atoms with Gasteiger partial charge in [0.25, 0.3) is 5.91 Å². The molecule has 0 radical (unpaired) electrons. The lowest BCUT2D eigenvalue weighted by Crippen LogP contribution is -2.51. The monoisotopic (exact) mass is 212 g/mol. The molecule has 1 unspecified atom stereocenters. The highest BCUT2D eigenvalue weighted by atomic mass is 16.3. The van der Waals surface area contributed by atoms with Crippen LogP contribution in [-0.2, 0) is 4.79 Å². The first-order chi connectivity index (χ1) is 7.21. The first kappa shape index (κ1) is 10.9. The molecule has 2 aliphatic rings. The first-order valence-electron chi connectivity index (χ1n) is 5.95. The topological polar surface area (TPSA) is 61.4 Å². The number of aliphatic hydroxyl groups is 1. The van der Waals surface area contributed by atoms with E-state index in [4.69, 9.17) is 0 Å². The lowest BCUT2D eigenvalue weighted by molar-refractivity contribution is -0.138. The Morgan fingerprint density at radius 2 is 2.07 bits per heavy atom. The summed E-state index contributed by atoms with van der Waals surface area (Å²) in [6.45, 7) is 1.13. The second kappa shape index (κ2) is 4.49. The van der Waals surface area contributed by atoms with Crippen molar-refractivity contribution in [1.82, 2.24) is 10.6 Å². The Morgan fingerprint density at radius 1 is 1.33 bits per heavy atom. The summed E-state index contributed by atoms with van der Waals surface area (Å²) in [7, 11) is 0. The molecule has 0 spiro atoms. The van der Waals surface area contributed by atoms with Crippen LogP contribution >= 0.6 is 0 Å². The van der Waals surface area contributed by atoms with Crippen LogP contribution in [0.25, 0.3) is 0 Å². The van der Waals surface area contributed by atoms with Crippen LogP contribution in [-0.4, -0.2) is 35.7 Å². The van der Waals surface area contributed by atoms with Crippen LogP contribution in [0.5, 0.6) is 0 Å². The van der Waals surface area contributed by atoms with E-state index in [2.05, 4.69) is 10.6 Å². The maximum atomic E-state index is 11.8. The molecule has 3 N–H and O–H groups in total. The molecule has 0 bridgehead atoms. The third-order valence-electron chi connectivity index (χ3n) is 3.50. The average molecular weight is 212 g/mol. The highest BCUT2D eigenvalue weighted by molar-refractivity contribution is 5.85. The summed E-state index contributed by atoms with van der Waals surface area (Å²) in [5.74, 6) is -0.181. The minimum Gasteiger partial charge on any atom is -0.379 e. The average Bonchev–Trinajstić information content (AvgIpc) is 2.68. The van der Waals surface area contributed by atoms with E-state index in [0.29, 0.717) is 13.0 Å². The summed E-state index contributed by atoms with van der Waals surface area (Å²) < 4.78 is 0. The summed E-state index contributed by atoms with van der Waals surface area (Å²) >= 11 is 0. The maximum Gasteiger partial charge on any atom is 0.253 e. The van der Waals surface area contributed by atoms with Gasteiger partial charge >= 0.3 is 0 Å². The minimum atomic E-state index is -1.16. The molecule has 2 rings (SSSR count). The van der Waals surface area contributed by atoms with Crippen molar-refractivity contribution in [3.8, 4) is 0 Å². The molecule has 4 heteroatoms. The van der Waals surface area contributed by atoms with Crippen molar-refractivity contribution in [2.45, 2.75) is 50.2 Å². The maximum absolute atomic E-state index is 11.8. The number of carbonyl (C=O) groups excluding carboxylic acids is 1. The van der Waals surface area contributed by atoms with Crippen molar-refractivity contribution < 1.29 is 9.90 Å². The second-order valence-electron chi connectivity index (χ2n) is 4.77. The molecule has 1 saturated carbocycles. The van der Waals surface area contributed by atoms with Gasteiger partial charge in [0, 0.05) is 12.6 Å². The van der Waals surface area contributed by atoms with Crippen molar-refractivity contribution in [2.24, 2.45) is 0 Å². The predicted molar refractivity (Wildman–Crippen MR) is 57.5 cm³/mol. The number of carbonyl (C=O) groups is 1. The Labute approximate surface area is 90.4 Å². The molecule has 1 heterocycles. The quantitative estimate of drug-likeness (QED) is 0.611. The lowest BCUT2D eigenvalue weighted by atomic mass is 9.94. The Balaban J connectivity index is 1.85. The Morgan fingerprint density at radius 3 is 2.67 bits per heavy atom. The highest BCUT2D eigenvalue weighted by Crippen LogP contribution is 2.20. The van der Waals surface area contributed by atoms with Crippen molar-refractivity contribution in [1.29, 1.82) is 0 Å². The van der Waals surface area contributed by atoms with Crippen LogP contribution in [0.3, 0.4) is 0 Å². The molecule has 86 valence electrons. The molecule has 15 heavy (non-hydrogen) atoms. The van der Waals surface area contributed by atoms with Gasteiger partial charge in [-0.25, -0.2) is 0 Å². The fourth-order valence-corrected chi connectivity index (χ4v) is 2.44. The van der Waals surface area contributed by atoms with Gasteiger partial charge in [0.05, 0.1) is 0 Å². The molecule has 1 atom stereocenters. The summed E-state index contributed by atoms with van der Waals surface area (Å²) in [4.78, 5) is 11.8. The largest absolute Gasteiger partial charge is 0.379 e. The third kappa shape index (κ3) is 2.49. The van der Waals surface area contributed by atoms with Gasteiger partial charge in [-0.15, -0.1) is 0 Å². The zero-order valence-corrected chi connectivity index (χ0v) is 9.09. The highest BCUT2D eigenvalue weighted by Gasteiger charge is 2.39. The fourth-order valence-electron chi connectivity index (χ4n) is 2.44. The number of rotatable bonds is 2. The molecule has 1 aliphatic carbocycles. The van der Waals surface area contributed by atoms with Crippen molar-refractivity contribution in [2.75, 3.05) is 13.1 Å². The van der Waals surface area contributed by atoms with E-state index in [1.165, 1.54) is 19.3 Å². The molecule has 0 aromatic rings. The van der Waals surface area contributed by atoms with Gasteiger partial charge < -0.3 is 15.7 Å². The zero-order chi connectivity index (χ0) is 10.7. The SMILES string of the molecule is O=C(NC1CCCCC1)C1(O)CCNC1. The molecule has 2 fully saturated rings. The fraction of sp³-hybridized carbons (Fsp3) is 0.909. The molecular formula is C11H20N2O2. The van der Waals surface area contributed by atoms with E-state index < -0.39 is 5.60 Å². The molecule has 1 saturated heterocycles. The second-order valence-corrected chi connectivity index (χ2v) is 4.77. The molecule has 1 amide bonds. The molecular weight excluding hydrogens is 192 g/mol. The Bertz CT molecular complexity index is 231. The van der Waals surface area contributed by atoms with Crippen molar-refractivity contribution in [3.05, 3.63) is 0 Å². The predicted octanol–water partition coefficient (Wildman–Crippen LogP) is 0.160. The molecule has 0 aromatic heterocycles. The Hall–Kier alpha value is -0.610. The van der Waals surface area contributed by atoms with E-state index in [-0.39, 0.29) is 11.9 Å². The van der Waals surface area contributed by atoms with Crippen molar-refractivity contribution in [3.63, 3.8) is 0 Å².